The van der Waals surface area contributed by atoms with Crippen molar-refractivity contribution >= 4 is 0 Å². The highest BCUT2D eigenvalue weighted by molar-refractivity contribution is 5.36. The van der Waals surface area contributed by atoms with Crippen LogP contribution >= 0.6 is 0 Å². The molecule has 0 unspecified atom stereocenters. The van der Waals surface area contributed by atoms with Crippen molar-refractivity contribution < 1.29 is 40.2 Å². The van der Waals surface area contributed by atoms with E-state index >= 15 is 0 Å². The Morgan fingerprint density at radius 1 is 0.939 bits per heavy atom. The van der Waals surface area contributed by atoms with E-state index in [1.165, 1.54) is 6.07 Å². The molecule has 3 rings (SSSR count). The molecule has 1 aliphatic rings. The molecule has 0 radical (unpaired) electrons. The quantitative estimate of drug-likeness (QED) is 0.220. The van der Waals surface area contributed by atoms with Gasteiger partial charge >= 0.3 is 6.11 Å². The van der Waals surface area contributed by atoms with Gasteiger partial charge in [0.15, 0.2) is 17.4 Å². The summed E-state index contributed by atoms with van der Waals surface area (Å²) in [6, 6.07) is 4.07. The molecule has 0 amide bonds. The molecule has 0 N–H and O–H groups in total. The van der Waals surface area contributed by atoms with Crippen molar-refractivity contribution in [2.75, 3.05) is 0 Å². The third-order valence-electron chi connectivity index (χ3n) is 5.51. The monoisotopic (exact) mass is 474 g/mol. The van der Waals surface area contributed by atoms with Crippen LogP contribution in [0.4, 0.5) is 30.7 Å². The van der Waals surface area contributed by atoms with Crippen molar-refractivity contribution in [2.45, 2.75) is 44.1 Å². The first-order valence-corrected chi connectivity index (χ1v) is 10.2. The minimum atomic E-state index is -4.24. The number of rotatable bonds is 8. The van der Waals surface area contributed by atoms with Gasteiger partial charge in [-0.15, -0.1) is 6.58 Å². The fraction of sp³-hybridized carbons (Fsp3) is 0.333. The second-order valence-corrected chi connectivity index (χ2v) is 7.70. The summed E-state index contributed by atoms with van der Waals surface area (Å²) in [5, 5.41) is 0. The molecular formula is C24H21F7O2. The largest absolute Gasteiger partial charge is 0.459 e. The summed E-state index contributed by atoms with van der Waals surface area (Å²) in [5.74, 6) is -5.73. The average molecular weight is 474 g/mol. The van der Waals surface area contributed by atoms with Crippen molar-refractivity contribution in [3.8, 4) is 11.5 Å². The Morgan fingerprint density at radius 3 is 2.12 bits per heavy atom. The van der Waals surface area contributed by atoms with E-state index in [0.717, 1.165) is 37.8 Å². The van der Waals surface area contributed by atoms with Crippen LogP contribution in [0.1, 0.15) is 42.7 Å². The Labute approximate surface area is 186 Å². The number of alkyl halides is 4. The number of ether oxygens (including phenoxy) is 2. The predicted octanol–water partition coefficient (Wildman–Crippen LogP) is 7.85. The predicted molar refractivity (Wildman–Crippen MR) is 108 cm³/mol. The van der Waals surface area contributed by atoms with E-state index < -0.39 is 47.0 Å². The Hall–Kier alpha value is -2.97. The molecule has 178 valence electrons. The zero-order chi connectivity index (χ0) is 24.2. The van der Waals surface area contributed by atoms with Crippen LogP contribution in [0, 0.1) is 23.4 Å². The SMILES string of the molecule is C=CC1CCC(c2ccc(C(F)(F)Oc3cc(F)c(OC=CC(F)F)c(F)c3)c(F)c2)CC1. The third kappa shape index (κ3) is 6.09. The summed E-state index contributed by atoms with van der Waals surface area (Å²) in [6.45, 7) is 3.76. The number of benzene rings is 2. The maximum absolute atomic E-state index is 14.6. The molecular weight excluding hydrogens is 453 g/mol. The summed E-state index contributed by atoms with van der Waals surface area (Å²) in [4.78, 5) is 0. The van der Waals surface area contributed by atoms with Gasteiger partial charge in [-0.3, -0.25) is 0 Å². The van der Waals surface area contributed by atoms with Gasteiger partial charge in [0.05, 0.1) is 11.8 Å². The minimum absolute atomic E-state index is 0.0362. The topological polar surface area (TPSA) is 18.5 Å². The molecule has 2 nitrogen and oxygen atoms in total. The van der Waals surface area contributed by atoms with Gasteiger partial charge in [0.25, 0.3) is 6.43 Å². The van der Waals surface area contributed by atoms with E-state index in [0.29, 0.717) is 29.9 Å². The van der Waals surface area contributed by atoms with Crippen LogP contribution in [0.25, 0.3) is 0 Å². The maximum atomic E-state index is 14.6. The minimum Gasteiger partial charge on any atom is -0.459 e. The third-order valence-corrected chi connectivity index (χ3v) is 5.51. The van der Waals surface area contributed by atoms with Gasteiger partial charge in [0.2, 0.25) is 0 Å². The molecule has 1 saturated carbocycles. The second-order valence-electron chi connectivity index (χ2n) is 7.70. The standard InChI is InChI=1S/C24H21F7O2/c1-2-14-3-5-15(6-4-14)16-7-8-18(19(25)11-16)24(30,31)33-17-12-20(26)23(21(27)13-17)32-10-9-22(28)29/h2,7-15,22H,1,3-6H2. The van der Waals surface area contributed by atoms with Crippen molar-refractivity contribution in [3.63, 3.8) is 0 Å². The van der Waals surface area contributed by atoms with E-state index in [9.17, 15) is 30.7 Å². The van der Waals surface area contributed by atoms with E-state index in [4.69, 9.17) is 0 Å². The molecule has 0 aromatic heterocycles. The van der Waals surface area contributed by atoms with Crippen molar-refractivity contribution in [2.24, 2.45) is 5.92 Å². The van der Waals surface area contributed by atoms with Crippen LogP contribution in [0.5, 0.6) is 11.5 Å². The van der Waals surface area contributed by atoms with E-state index in [2.05, 4.69) is 16.1 Å². The summed E-state index contributed by atoms with van der Waals surface area (Å²) < 4.78 is 105. The molecule has 1 fully saturated rings. The first-order chi connectivity index (χ1) is 15.6. The number of halogens is 7. The summed E-state index contributed by atoms with van der Waals surface area (Å²) >= 11 is 0. The highest BCUT2D eigenvalue weighted by Gasteiger charge is 2.38. The summed E-state index contributed by atoms with van der Waals surface area (Å²) in [5.41, 5.74) is -0.503. The second kappa shape index (κ2) is 10.3. The average Bonchev–Trinajstić information content (AvgIpc) is 2.75. The Balaban J connectivity index is 1.75. The van der Waals surface area contributed by atoms with Gasteiger partial charge < -0.3 is 9.47 Å². The van der Waals surface area contributed by atoms with Gasteiger partial charge in [0.1, 0.15) is 11.6 Å². The summed E-state index contributed by atoms with van der Waals surface area (Å²) in [7, 11) is 0. The zero-order valence-electron chi connectivity index (χ0n) is 17.3. The Bertz CT molecular complexity index is 989. The van der Waals surface area contributed by atoms with Crippen LogP contribution in [0.3, 0.4) is 0 Å². The number of hydrogen-bond donors (Lipinski definition) is 0. The van der Waals surface area contributed by atoms with Crippen LogP contribution < -0.4 is 9.47 Å². The first kappa shape index (κ1) is 24.7. The normalized spacial score (nSPS) is 19.2. The van der Waals surface area contributed by atoms with Crippen LogP contribution in [-0.2, 0) is 6.11 Å². The molecule has 2 aromatic rings. The molecule has 0 aliphatic heterocycles. The van der Waals surface area contributed by atoms with Crippen molar-refractivity contribution in [1.82, 2.24) is 0 Å². The maximum Gasteiger partial charge on any atom is 0.429 e. The summed E-state index contributed by atoms with van der Waals surface area (Å²) in [6.07, 6.45) is -1.36. The van der Waals surface area contributed by atoms with Crippen LogP contribution in [0.2, 0.25) is 0 Å². The van der Waals surface area contributed by atoms with Gasteiger partial charge in [0, 0.05) is 18.2 Å². The fourth-order valence-electron chi connectivity index (χ4n) is 3.79. The van der Waals surface area contributed by atoms with Gasteiger partial charge in [-0.2, -0.15) is 8.78 Å². The molecule has 0 atom stereocenters. The fourth-order valence-corrected chi connectivity index (χ4v) is 3.79. The van der Waals surface area contributed by atoms with Crippen LogP contribution in [-0.4, -0.2) is 6.43 Å². The number of allylic oxidation sites excluding steroid dienone is 2. The van der Waals surface area contributed by atoms with Gasteiger partial charge in [-0.25, -0.2) is 22.0 Å². The Kier molecular flexibility index (Phi) is 7.71. The van der Waals surface area contributed by atoms with Crippen molar-refractivity contribution in [1.29, 1.82) is 0 Å². The lowest BCUT2D eigenvalue weighted by Crippen LogP contribution is -2.24. The zero-order valence-corrected chi connectivity index (χ0v) is 17.3. The van der Waals surface area contributed by atoms with Gasteiger partial charge in [-0.1, -0.05) is 12.1 Å². The molecule has 1 aliphatic carbocycles. The van der Waals surface area contributed by atoms with E-state index in [1.54, 1.807) is 0 Å². The lowest BCUT2D eigenvalue weighted by molar-refractivity contribution is -0.187. The Morgan fingerprint density at radius 2 is 1.58 bits per heavy atom. The highest BCUT2D eigenvalue weighted by atomic mass is 19.3. The van der Waals surface area contributed by atoms with E-state index in [1.807, 2.05) is 6.08 Å². The van der Waals surface area contributed by atoms with Crippen LogP contribution in [0.15, 0.2) is 55.3 Å². The first-order valence-electron chi connectivity index (χ1n) is 10.2. The highest BCUT2D eigenvalue weighted by Crippen LogP contribution is 2.39. The molecule has 33 heavy (non-hydrogen) atoms. The van der Waals surface area contributed by atoms with E-state index in [-0.39, 0.29) is 12.0 Å². The molecule has 0 spiro atoms. The molecule has 2 aromatic carbocycles. The van der Waals surface area contributed by atoms with Crippen molar-refractivity contribution in [3.05, 3.63) is 83.9 Å². The molecule has 0 bridgehead atoms. The smallest absolute Gasteiger partial charge is 0.429 e. The lowest BCUT2D eigenvalue weighted by Gasteiger charge is -2.27. The lowest BCUT2D eigenvalue weighted by atomic mass is 9.78. The van der Waals surface area contributed by atoms with Gasteiger partial charge in [-0.05, 0) is 55.2 Å². The molecule has 0 saturated heterocycles. The number of hydrogen-bond acceptors (Lipinski definition) is 2. The molecule has 0 heterocycles. The molecule has 9 heteroatoms.